The molecule has 0 bridgehead atoms. The van der Waals surface area contributed by atoms with Crippen molar-refractivity contribution in [1.29, 1.82) is 0 Å². The summed E-state index contributed by atoms with van der Waals surface area (Å²) in [5.41, 5.74) is -2.31. The summed E-state index contributed by atoms with van der Waals surface area (Å²) >= 11 is 0. The van der Waals surface area contributed by atoms with Gasteiger partial charge in [-0.1, -0.05) is 85.2 Å². The van der Waals surface area contributed by atoms with Gasteiger partial charge >= 0.3 is 11.9 Å². The van der Waals surface area contributed by atoms with E-state index < -0.39 is 46.0 Å². The van der Waals surface area contributed by atoms with Gasteiger partial charge < -0.3 is 20.8 Å². The Bertz CT molecular complexity index is 1070. The summed E-state index contributed by atoms with van der Waals surface area (Å²) in [5.74, 6) is -5.17. The molecule has 4 unspecified atom stereocenters. The van der Waals surface area contributed by atoms with Crippen LogP contribution >= 0.6 is 21.6 Å². The SMILES string of the molecule is CCC(C)C(NC(=O)C(NC(=O)c1ccccc1)(C(=O)O)C(C)(CC)SSc1ccccc1)C(=O)O. The summed E-state index contributed by atoms with van der Waals surface area (Å²) in [6, 6.07) is 15.9. The van der Waals surface area contributed by atoms with Gasteiger partial charge in [-0.3, -0.25) is 9.59 Å². The highest BCUT2D eigenvalue weighted by Gasteiger charge is 2.61. The van der Waals surface area contributed by atoms with Crippen molar-refractivity contribution in [1.82, 2.24) is 10.6 Å². The Morgan fingerprint density at radius 2 is 1.50 bits per heavy atom. The van der Waals surface area contributed by atoms with E-state index >= 15 is 0 Å². The topological polar surface area (TPSA) is 133 Å². The lowest BCUT2D eigenvalue weighted by atomic mass is 9.80. The van der Waals surface area contributed by atoms with E-state index in [-0.39, 0.29) is 12.0 Å². The molecule has 2 amide bonds. The molecule has 0 aliphatic carbocycles. The van der Waals surface area contributed by atoms with Crippen LogP contribution in [0.15, 0.2) is 65.6 Å². The van der Waals surface area contributed by atoms with E-state index in [4.69, 9.17) is 0 Å². The van der Waals surface area contributed by atoms with Crippen LogP contribution in [-0.4, -0.2) is 50.3 Å². The second kappa shape index (κ2) is 12.8. The predicted molar refractivity (Wildman–Crippen MR) is 142 cm³/mol. The molecule has 36 heavy (non-hydrogen) atoms. The first kappa shape index (κ1) is 29.3. The molecule has 10 heteroatoms. The number of hydrogen-bond acceptors (Lipinski definition) is 6. The summed E-state index contributed by atoms with van der Waals surface area (Å²) in [5, 5.41) is 25.2. The van der Waals surface area contributed by atoms with E-state index in [0.29, 0.717) is 6.42 Å². The fourth-order valence-electron chi connectivity index (χ4n) is 3.57. The third kappa shape index (κ3) is 6.41. The second-order valence-electron chi connectivity index (χ2n) is 8.61. The van der Waals surface area contributed by atoms with Crippen LogP contribution in [0.2, 0.25) is 0 Å². The van der Waals surface area contributed by atoms with Crippen LogP contribution in [0.1, 0.15) is 50.9 Å². The maximum atomic E-state index is 13.8. The predicted octanol–water partition coefficient (Wildman–Crippen LogP) is 4.46. The van der Waals surface area contributed by atoms with Crippen molar-refractivity contribution in [3.63, 3.8) is 0 Å². The van der Waals surface area contributed by atoms with Gasteiger partial charge in [0.05, 0.1) is 4.75 Å². The van der Waals surface area contributed by atoms with E-state index in [0.717, 1.165) is 15.7 Å². The first-order valence-electron chi connectivity index (χ1n) is 11.6. The van der Waals surface area contributed by atoms with Crippen molar-refractivity contribution in [2.45, 2.75) is 61.8 Å². The number of carboxylic acid groups (broad SMARTS) is 2. The lowest BCUT2D eigenvalue weighted by Gasteiger charge is -2.44. The zero-order chi connectivity index (χ0) is 26.9. The average molecular weight is 533 g/mol. The molecular formula is C26H32N2O6S2. The van der Waals surface area contributed by atoms with Crippen LogP contribution in [0.5, 0.6) is 0 Å². The van der Waals surface area contributed by atoms with Gasteiger partial charge in [0.15, 0.2) is 0 Å². The molecule has 0 aliphatic rings. The van der Waals surface area contributed by atoms with Gasteiger partial charge in [0, 0.05) is 10.5 Å². The molecule has 4 atom stereocenters. The molecule has 4 N–H and O–H groups in total. The highest BCUT2D eigenvalue weighted by molar-refractivity contribution is 8.77. The van der Waals surface area contributed by atoms with E-state index in [1.165, 1.54) is 22.9 Å². The highest BCUT2D eigenvalue weighted by Crippen LogP contribution is 2.49. The molecule has 194 valence electrons. The number of carbonyl (C=O) groups is 4. The van der Waals surface area contributed by atoms with Crippen molar-refractivity contribution in [3.05, 3.63) is 66.2 Å². The molecule has 2 aromatic rings. The zero-order valence-corrected chi connectivity index (χ0v) is 22.3. The van der Waals surface area contributed by atoms with Gasteiger partial charge in [-0.05, 0) is 43.5 Å². The molecule has 0 aromatic heterocycles. The molecule has 0 saturated heterocycles. The highest BCUT2D eigenvalue weighted by atomic mass is 33.1. The summed E-state index contributed by atoms with van der Waals surface area (Å²) in [6.07, 6.45) is 0.616. The number of amides is 2. The van der Waals surface area contributed by atoms with Crippen LogP contribution in [0.4, 0.5) is 0 Å². The number of rotatable bonds is 13. The van der Waals surface area contributed by atoms with Crippen molar-refractivity contribution in [2.75, 3.05) is 0 Å². The third-order valence-corrected chi connectivity index (χ3v) is 9.74. The van der Waals surface area contributed by atoms with Crippen LogP contribution < -0.4 is 10.6 Å². The molecule has 0 fully saturated rings. The van der Waals surface area contributed by atoms with Crippen molar-refractivity contribution < 1.29 is 29.4 Å². The first-order valence-corrected chi connectivity index (χ1v) is 13.7. The van der Waals surface area contributed by atoms with Crippen molar-refractivity contribution in [2.24, 2.45) is 5.92 Å². The molecule has 0 saturated carbocycles. The summed E-state index contributed by atoms with van der Waals surface area (Å²) in [6.45, 7) is 6.74. The lowest BCUT2D eigenvalue weighted by Crippen LogP contribution is -2.74. The van der Waals surface area contributed by atoms with Crippen molar-refractivity contribution >= 4 is 45.3 Å². The molecule has 0 spiro atoms. The van der Waals surface area contributed by atoms with Crippen LogP contribution in [0.3, 0.4) is 0 Å². The molecule has 0 radical (unpaired) electrons. The maximum Gasteiger partial charge on any atom is 0.340 e. The zero-order valence-electron chi connectivity index (χ0n) is 20.7. The smallest absolute Gasteiger partial charge is 0.340 e. The molecule has 2 aromatic carbocycles. The minimum absolute atomic E-state index is 0.173. The number of benzene rings is 2. The van der Waals surface area contributed by atoms with Gasteiger partial charge in [0.1, 0.15) is 6.04 Å². The van der Waals surface area contributed by atoms with E-state index in [9.17, 15) is 29.4 Å². The molecule has 2 rings (SSSR count). The minimum Gasteiger partial charge on any atom is -0.480 e. The average Bonchev–Trinajstić information content (AvgIpc) is 2.88. The fourth-order valence-corrected chi connectivity index (χ4v) is 6.50. The maximum absolute atomic E-state index is 13.8. The number of carbonyl (C=O) groups excluding carboxylic acids is 2. The van der Waals surface area contributed by atoms with E-state index in [1.807, 2.05) is 30.3 Å². The van der Waals surface area contributed by atoms with Gasteiger partial charge in [-0.2, -0.15) is 0 Å². The van der Waals surface area contributed by atoms with Gasteiger partial charge in [-0.25, -0.2) is 9.59 Å². The number of carboxylic acids is 2. The Kier molecular flexibility index (Phi) is 10.4. The standard InChI is InChI=1S/C26H32N2O6S2/c1-5-17(3)20(22(30)31)27-23(32)26(24(33)34,28-21(29)18-13-9-7-10-14-18)25(4,6-2)36-35-19-15-11-8-12-16-19/h7-17,20H,5-6H2,1-4H3,(H,27,32)(H,28,29)(H,30,31)(H,33,34). The largest absolute Gasteiger partial charge is 0.480 e. The van der Waals surface area contributed by atoms with Gasteiger partial charge in [0.2, 0.25) is 5.54 Å². The Balaban J connectivity index is 2.60. The minimum atomic E-state index is -2.48. The Labute approximate surface area is 219 Å². The third-order valence-electron chi connectivity index (χ3n) is 6.30. The lowest BCUT2D eigenvalue weighted by molar-refractivity contribution is -0.155. The normalized spacial score (nSPS) is 16.0. The number of nitrogens with one attached hydrogen (secondary N) is 2. The quantitative estimate of drug-likeness (QED) is 0.219. The summed E-state index contributed by atoms with van der Waals surface area (Å²) in [7, 11) is 2.42. The summed E-state index contributed by atoms with van der Waals surface area (Å²) < 4.78 is -1.38. The molecular weight excluding hydrogens is 500 g/mol. The first-order chi connectivity index (χ1) is 17.0. The van der Waals surface area contributed by atoms with E-state index in [1.54, 1.807) is 45.9 Å². The Morgan fingerprint density at radius 1 is 0.944 bits per heavy atom. The Morgan fingerprint density at radius 3 is 1.97 bits per heavy atom. The number of aliphatic carboxylic acids is 2. The Hall–Kier alpha value is -2.98. The second-order valence-corrected chi connectivity index (χ2v) is 11.3. The van der Waals surface area contributed by atoms with Crippen molar-refractivity contribution in [3.8, 4) is 0 Å². The van der Waals surface area contributed by atoms with Gasteiger partial charge in [0.25, 0.3) is 11.8 Å². The fraction of sp³-hybridized carbons (Fsp3) is 0.385. The van der Waals surface area contributed by atoms with Crippen LogP contribution in [-0.2, 0) is 14.4 Å². The monoisotopic (exact) mass is 532 g/mol. The van der Waals surface area contributed by atoms with Gasteiger partial charge in [-0.15, -0.1) is 0 Å². The molecule has 0 aliphatic heterocycles. The van der Waals surface area contributed by atoms with Crippen LogP contribution in [0.25, 0.3) is 0 Å². The molecule has 0 heterocycles. The number of hydrogen-bond donors (Lipinski definition) is 4. The summed E-state index contributed by atoms with van der Waals surface area (Å²) in [4.78, 5) is 52.8. The molecule has 8 nitrogen and oxygen atoms in total. The van der Waals surface area contributed by atoms with E-state index in [2.05, 4.69) is 10.6 Å². The van der Waals surface area contributed by atoms with Crippen LogP contribution in [0, 0.1) is 5.92 Å².